The summed E-state index contributed by atoms with van der Waals surface area (Å²) in [6, 6.07) is 15.6. The second-order valence-electron chi connectivity index (χ2n) is 13.6. The Labute approximate surface area is 325 Å². The zero-order chi connectivity index (χ0) is 43.5. The summed E-state index contributed by atoms with van der Waals surface area (Å²) in [6.45, 7) is 0. The molecule has 2 aromatic heterocycles. The van der Waals surface area contributed by atoms with Crippen molar-refractivity contribution in [3.63, 3.8) is 0 Å². The predicted molar refractivity (Wildman–Crippen MR) is 190 cm³/mol. The molecule has 0 saturated carbocycles. The molecule has 0 aliphatic rings. The number of nitriles is 1. The van der Waals surface area contributed by atoms with Crippen molar-refractivity contribution in [1.82, 2.24) is 9.13 Å². The molecule has 8 aromatic rings. The Morgan fingerprint density at radius 2 is 0.750 bits per heavy atom. The van der Waals surface area contributed by atoms with Gasteiger partial charge < -0.3 is 9.13 Å². The van der Waals surface area contributed by atoms with Crippen LogP contribution in [0.25, 0.3) is 66.1 Å². The van der Waals surface area contributed by atoms with Crippen LogP contribution in [0.3, 0.4) is 0 Å². The summed E-state index contributed by atoms with van der Waals surface area (Å²) >= 11 is 0. The third-order valence-electron chi connectivity index (χ3n) is 10.1. The average Bonchev–Trinajstić information content (AvgIpc) is 3.66. The maximum absolute atomic E-state index is 14.7. The van der Waals surface area contributed by atoms with Crippen molar-refractivity contribution in [2.24, 2.45) is 0 Å². The van der Waals surface area contributed by atoms with Crippen LogP contribution in [0.5, 0.6) is 0 Å². The van der Waals surface area contributed by atoms with E-state index in [0.29, 0.717) is 54.6 Å². The highest BCUT2D eigenvalue weighted by atomic mass is 19.4. The van der Waals surface area contributed by atoms with E-state index in [4.69, 9.17) is 0 Å². The Morgan fingerprint density at radius 3 is 1.10 bits per heavy atom. The topological polar surface area (TPSA) is 33.6 Å². The normalized spacial score (nSPS) is 13.2. The summed E-state index contributed by atoms with van der Waals surface area (Å²) in [5, 5.41) is 10.5. The van der Waals surface area contributed by atoms with Crippen LogP contribution in [0.4, 0.5) is 65.9 Å². The van der Waals surface area contributed by atoms with Crippen molar-refractivity contribution < 1.29 is 65.9 Å². The summed E-state index contributed by atoms with van der Waals surface area (Å²) in [6.07, 6.45) is -25.4. The molecular formula is C42H18F15N3. The fourth-order valence-electron chi connectivity index (χ4n) is 7.53. The summed E-state index contributed by atoms with van der Waals surface area (Å²) in [5.74, 6) is 0. The van der Waals surface area contributed by atoms with Gasteiger partial charge in [-0.3, -0.25) is 0 Å². The average molecular weight is 850 g/mol. The first-order chi connectivity index (χ1) is 27.9. The lowest BCUT2D eigenvalue weighted by atomic mass is 9.94. The van der Waals surface area contributed by atoms with Gasteiger partial charge in [0.25, 0.3) is 0 Å². The van der Waals surface area contributed by atoms with Crippen LogP contribution in [0, 0.1) is 11.3 Å². The lowest BCUT2D eigenvalue weighted by Gasteiger charge is -2.22. The number of hydrogen-bond acceptors (Lipinski definition) is 1. The van der Waals surface area contributed by atoms with E-state index in [-0.39, 0.29) is 21.5 Å². The Balaban J connectivity index is 1.63. The Hall–Kier alpha value is -6.64. The van der Waals surface area contributed by atoms with Crippen molar-refractivity contribution in [2.45, 2.75) is 30.9 Å². The lowest BCUT2D eigenvalue weighted by molar-refractivity contribution is -0.138. The quantitative estimate of drug-likeness (QED) is 0.163. The van der Waals surface area contributed by atoms with Gasteiger partial charge in [-0.05, 0) is 66.2 Å². The molecule has 0 unspecified atom stereocenters. The van der Waals surface area contributed by atoms with E-state index < -0.39 is 109 Å². The largest absolute Gasteiger partial charge is 0.417 e. The fraction of sp³-hybridized carbons (Fsp3) is 0.119. The zero-order valence-electron chi connectivity index (χ0n) is 29.4. The van der Waals surface area contributed by atoms with Crippen LogP contribution in [0.1, 0.15) is 33.4 Å². The summed E-state index contributed by atoms with van der Waals surface area (Å²) in [7, 11) is 0. The predicted octanol–water partition coefficient (Wildman–Crippen LogP) is 14.5. The van der Waals surface area contributed by atoms with Crippen molar-refractivity contribution in [3.8, 4) is 28.6 Å². The first kappa shape index (κ1) is 40.2. The van der Waals surface area contributed by atoms with Gasteiger partial charge in [0.05, 0.1) is 61.3 Å². The third kappa shape index (κ3) is 6.52. The molecule has 0 saturated heterocycles. The van der Waals surface area contributed by atoms with Crippen LogP contribution in [0.15, 0.2) is 109 Å². The number of fused-ring (bicyclic) bond motifs is 6. The van der Waals surface area contributed by atoms with Gasteiger partial charge in [0, 0.05) is 27.1 Å². The van der Waals surface area contributed by atoms with Gasteiger partial charge in [-0.2, -0.15) is 71.1 Å². The first-order valence-electron chi connectivity index (χ1n) is 17.1. The molecule has 0 radical (unpaired) electrons. The Kier molecular flexibility index (Phi) is 8.82. The molecule has 3 nitrogen and oxygen atoms in total. The van der Waals surface area contributed by atoms with Gasteiger partial charge >= 0.3 is 30.9 Å². The maximum Gasteiger partial charge on any atom is 0.417 e. The van der Waals surface area contributed by atoms with Crippen molar-refractivity contribution >= 4 is 43.6 Å². The summed E-state index contributed by atoms with van der Waals surface area (Å²) < 4.78 is 216. The van der Waals surface area contributed by atoms with E-state index in [2.05, 4.69) is 0 Å². The molecule has 0 fully saturated rings. The molecule has 306 valence electrons. The number of benzene rings is 6. The molecule has 60 heavy (non-hydrogen) atoms. The molecule has 0 atom stereocenters. The van der Waals surface area contributed by atoms with Gasteiger partial charge in [-0.25, -0.2) is 0 Å². The third-order valence-corrected chi connectivity index (χ3v) is 10.1. The van der Waals surface area contributed by atoms with E-state index in [1.807, 2.05) is 0 Å². The van der Waals surface area contributed by atoms with Crippen LogP contribution < -0.4 is 0 Å². The van der Waals surface area contributed by atoms with E-state index in [9.17, 15) is 71.1 Å². The van der Waals surface area contributed by atoms with Crippen LogP contribution >= 0.6 is 0 Å². The molecule has 0 aliphatic heterocycles. The highest BCUT2D eigenvalue weighted by molar-refractivity contribution is 6.12. The number of aromatic nitrogens is 2. The van der Waals surface area contributed by atoms with E-state index in [0.717, 1.165) is 63.7 Å². The number of halogens is 15. The number of alkyl halides is 15. The molecule has 2 heterocycles. The number of rotatable bonds is 3. The first-order valence-corrected chi connectivity index (χ1v) is 17.1. The van der Waals surface area contributed by atoms with Crippen LogP contribution in [-0.4, -0.2) is 9.13 Å². The second kappa shape index (κ2) is 13.2. The molecule has 0 aliphatic carbocycles. The standard InChI is InChI=1S/C42H18F15N3/c43-38(44,45)20-5-9-25-26-10-6-21(39(46,47)48)16-34(26)59(33(25)15-20)32-14-13-29(24-3-1-2-4-31(24)42(55,56)57)37(30(32)19-58)60-35-17-22(40(49,50)51)7-11-27(35)28-12-8-23(18-36(28)60)41(52,53)54/h1-18H. The van der Waals surface area contributed by atoms with E-state index in [1.54, 1.807) is 6.07 Å². The molecule has 0 amide bonds. The van der Waals surface area contributed by atoms with Gasteiger partial charge in [0.1, 0.15) is 11.6 Å². The Morgan fingerprint density at radius 1 is 0.383 bits per heavy atom. The van der Waals surface area contributed by atoms with E-state index >= 15 is 0 Å². The molecule has 0 bridgehead atoms. The second-order valence-corrected chi connectivity index (χ2v) is 13.6. The number of hydrogen-bond donors (Lipinski definition) is 0. The minimum absolute atomic E-state index is 0.0786. The number of nitrogens with zero attached hydrogens (tertiary/aromatic N) is 3. The Bertz CT molecular complexity index is 2950. The zero-order valence-corrected chi connectivity index (χ0v) is 29.4. The molecule has 6 aromatic carbocycles. The highest BCUT2D eigenvalue weighted by Crippen LogP contribution is 2.47. The van der Waals surface area contributed by atoms with Gasteiger partial charge in [0.2, 0.25) is 0 Å². The fourth-order valence-corrected chi connectivity index (χ4v) is 7.53. The monoisotopic (exact) mass is 849 g/mol. The van der Waals surface area contributed by atoms with Crippen molar-refractivity contribution in [1.29, 1.82) is 5.26 Å². The van der Waals surface area contributed by atoms with Crippen LogP contribution in [-0.2, 0) is 30.9 Å². The maximum atomic E-state index is 14.7. The minimum atomic E-state index is -5.15. The molecule has 0 N–H and O–H groups in total. The minimum Gasteiger partial charge on any atom is -0.308 e. The van der Waals surface area contributed by atoms with Gasteiger partial charge in [-0.1, -0.05) is 48.5 Å². The van der Waals surface area contributed by atoms with Crippen molar-refractivity contribution in [3.05, 3.63) is 143 Å². The SMILES string of the molecule is N#Cc1c(-n2c3cc(C(F)(F)F)ccc3c3ccc(C(F)(F)F)cc32)ccc(-c2ccccc2C(F)(F)F)c1-n1c2cc(C(F)(F)F)ccc2c2ccc(C(F)(F)F)cc21. The van der Waals surface area contributed by atoms with Gasteiger partial charge in [-0.15, -0.1) is 0 Å². The van der Waals surface area contributed by atoms with Gasteiger partial charge in [0.15, 0.2) is 0 Å². The highest BCUT2D eigenvalue weighted by Gasteiger charge is 2.38. The summed E-state index contributed by atoms with van der Waals surface area (Å²) in [5.41, 5.74) is -12.2. The molecule has 0 spiro atoms. The molecular weight excluding hydrogens is 831 g/mol. The molecule has 8 rings (SSSR count). The summed E-state index contributed by atoms with van der Waals surface area (Å²) in [4.78, 5) is 0. The van der Waals surface area contributed by atoms with E-state index in [1.165, 1.54) is 0 Å². The smallest absolute Gasteiger partial charge is 0.308 e. The van der Waals surface area contributed by atoms with Crippen LogP contribution in [0.2, 0.25) is 0 Å². The molecule has 18 heteroatoms. The lowest BCUT2D eigenvalue weighted by Crippen LogP contribution is -2.11. The van der Waals surface area contributed by atoms with Crippen molar-refractivity contribution in [2.75, 3.05) is 0 Å².